The summed E-state index contributed by atoms with van der Waals surface area (Å²) >= 11 is 0. The van der Waals surface area contributed by atoms with E-state index >= 15 is 0 Å². The van der Waals surface area contributed by atoms with Gasteiger partial charge in [0.1, 0.15) is 0 Å². The van der Waals surface area contributed by atoms with Gasteiger partial charge in [-0.15, -0.1) is 0 Å². The van der Waals surface area contributed by atoms with Crippen molar-refractivity contribution in [3.8, 4) is 0 Å². The van der Waals surface area contributed by atoms with Crippen LogP contribution in [0.1, 0.15) is 42.5 Å². The maximum absolute atomic E-state index is 12.8. The second kappa shape index (κ2) is 4.49. The van der Waals surface area contributed by atoms with Gasteiger partial charge in [-0.1, -0.05) is 36.8 Å². The number of carbonyl (C=O) groups excluding carboxylic acids is 1. The Morgan fingerprint density at radius 2 is 1.65 bits per heavy atom. The minimum absolute atomic E-state index is 0.0413. The van der Waals surface area contributed by atoms with Crippen LogP contribution in [0.3, 0.4) is 0 Å². The quantitative estimate of drug-likeness (QED) is 0.455. The molecule has 1 aromatic carbocycles. The molecule has 0 bridgehead atoms. The van der Waals surface area contributed by atoms with E-state index in [9.17, 15) is 4.79 Å². The van der Waals surface area contributed by atoms with E-state index in [0.717, 1.165) is 18.4 Å². The second-order valence-corrected chi connectivity index (χ2v) is 7.73. The van der Waals surface area contributed by atoms with E-state index in [0.29, 0.717) is 16.7 Å². The van der Waals surface area contributed by atoms with Crippen LogP contribution in [-0.4, -0.2) is 22.0 Å². The van der Waals surface area contributed by atoms with Crippen molar-refractivity contribution in [3.05, 3.63) is 35.9 Å². The maximum Gasteiger partial charge on any atom is 0.217 e. The topological polar surface area (TPSA) is 17.1 Å². The van der Waals surface area contributed by atoms with E-state index in [1.54, 1.807) is 0 Å². The lowest BCUT2D eigenvalue weighted by Gasteiger charge is -2.29. The number of hydrogen-bond donors (Lipinski definition) is 0. The molecule has 0 amide bonds. The molecule has 17 heavy (non-hydrogen) atoms. The van der Waals surface area contributed by atoms with Crippen molar-refractivity contribution in [3.63, 3.8) is 0 Å². The molecular formula is C15H19OS+. The number of Topliss-reactive ketones (excluding diaryl/α,β-unsaturated/α-hetero) is 1. The Hall–Kier alpha value is -0.760. The molecule has 1 aromatic rings. The molecule has 0 radical (unpaired) electrons. The largest absolute Gasteiger partial charge is 0.288 e. The van der Waals surface area contributed by atoms with E-state index in [2.05, 4.69) is 0 Å². The Labute approximate surface area is 106 Å². The number of ketones is 1. The molecule has 1 nitrogen and oxygen atoms in total. The minimum Gasteiger partial charge on any atom is -0.288 e. The zero-order valence-corrected chi connectivity index (χ0v) is 11.0. The Kier molecular flexibility index (Phi) is 2.99. The van der Waals surface area contributed by atoms with Crippen molar-refractivity contribution in [1.82, 2.24) is 0 Å². The van der Waals surface area contributed by atoms with Crippen LogP contribution >= 0.6 is 0 Å². The SMILES string of the molecule is O=C(c1ccccc1)C1([S+]2CC2)CCCCC1. The fourth-order valence-electron chi connectivity index (χ4n) is 3.05. The molecule has 1 heterocycles. The van der Waals surface area contributed by atoms with Crippen LogP contribution in [0, 0.1) is 0 Å². The van der Waals surface area contributed by atoms with Gasteiger partial charge in [-0.25, -0.2) is 0 Å². The lowest BCUT2D eigenvalue weighted by atomic mass is 9.83. The molecule has 0 atom stereocenters. The average molecular weight is 247 g/mol. The molecule has 1 saturated heterocycles. The Bertz CT molecular complexity index is 402. The van der Waals surface area contributed by atoms with Gasteiger partial charge in [-0.2, -0.15) is 0 Å². The van der Waals surface area contributed by atoms with Crippen molar-refractivity contribution < 1.29 is 4.79 Å². The van der Waals surface area contributed by atoms with E-state index in [-0.39, 0.29) is 4.75 Å². The highest BCUT2D eigenvalue weighted by Crippen LogP contribution is 2.44. The molecule has 2 heteroatoms. The van der Waals surface area contributed by atoms with Crippen LogP contribution in [0.25, 0.3) is 0 Å². The third kappa shape index (κ3) is 2.03. The number of rotatable bonds is 3. The fourth-order valence-corrected chi connectivity index (χ4v) is 5.42. The van der Waals surface area contributed by atoms with E-state index in [1.807, 2.05) is 30.3 Å². The second-order valence-electron chi connectivity index (χ2n) is 5.15. The van der Waals surface area contributed by atoms with E-state index in [4.69, 9.17) is 0 Å². The molecule has 1 saturated carbocycles. The molecule has 2 fully saturated rings. The Morgan fingerprint density at radius 3 is 2.24 bits per heavy atom. The summed E-state index contributed by atoms with van der Waals surface area (Å²) in [6.45, 7) is 0. The van der Waals surface area contributed by atoms with Gasteiger partial charge >= 0.3 is 0 Å². The summed E-state index contributed by atoms with van der Waals surface area (Å²) in [6, 6.07) is 9.94. The summed E-state index contributed by atoms with van der Waals surface area (Å²) in [5.41, 5.74) is 0.939. The Morgan fingerprint density at radius 1 is 1.00 bits per heavy atom. The van der Waals surface area contributed by atoms with Gasteiger partial charge in [0.2, 0.25) is 5.78 Å². The fraction of sp³-hybridized carbons (Fsp3) is 0.533. The molecule has 3 rings (SSSR count). The van der Waals surface area contributed by atoms with E-state index in [1.165, 1.54) is 30.8 Å². The third-order valence-electron chi connectivity index (χ3n) is 4.07. The molecule has 0 spiro atoms. The summed E-state index contributed by atoms with van der Waals surface area (Å²) in [7, 11) is 0.409. The van der Waals surface area contributed by atoms with Gasteiger partial charge in [-0.3, -0.25) is 4.79 Å². The first-order valence-corrected chi connectivity index (χ1v) is 8.17. The van der Waals surface area contributed by atoms with Crippen molar-refractivity contribution in [1.29, 1.82) is 0 Å². The van der Waals surface area contributed by atoms with Crippen LogP contribution in [0.15, 0.2) is 30.3 Å². The molecule has 0 N–H and O–H groups in total. The van der Waals surface area contributed by atoms with Crippen LogP contribution in [0.4, 0.5) is 0 Å². The summed E-state index contributed by atoms with van der Waals surface area (Å²) < 4.78 is 0.0413. The molecule has 0 unspecified atom stereocenters. The summed E-state index contributed by atoms with van der Waals surface area (Å²) in [5.74, 6) is 3.05. The molecule has 90 valence electrons. The third-order valence-corrected chi connectivity index (χ3v) is 6.59. The molecule has 1 aliphatic heterocycles. The van der Waals surface area contributed by atoms with Gasteiger partial charge in [0.15, 0.2) is 16.3 Å². The van der Waals surface area contributed by atoms with Gasteiger partial charge < -0.3 is 0 Å². The van der Waals surface area contributed by atoms with Gasteiger partial charge in [-0.05, 0) is 12.8 Å². The smallest absolute Gasteiger partial charge is 0.217 e. The first kappa shape index (κ1) is 11.3. The van der Waals surface area contributed by atoms with Crippen LogP contribution in [0.2, 0.25) is 0 Å². The van der Waals surface area contributed by atoms with Crippen molar-refractivity contribution in [2.45, 2.75) is 36.9 Å². The van der Waals surface area contributed by atoms with Crippen LogP contribution in [0.5, 0.6) is 0 Å². The predicted molar refractivity (Wildman–Crippen MR) is 73.7 cm³/mol. The van der Waals surface area contributed by atoms with Gasteiger partial charge in [0.25, 0.3) is 0 Å². The average Bonchev–Trinajstić information content (AvgIpc) is 3.24. The van der Waals surface area contributed by atoms with Crippen LogP contribution in [-0.2, 0) is 10.9 Å². The lowest BCUT2D eigenvalue weighted by Crippen LogP contribution is -2.43. The molecule has 0 aromatic heterocycles. The first-order valence-electron chi connectivity index (χ1n) is 6.60. The molecular weight excluding hydrogens is 228 g/mol. The van der Waals surface area contributed by atoms with Crippen molar-refractivity contribution in [2.24, 2.45) is 0 Å². The van der Waals surface area contributed by atoms with Crippen LogP contribution < -0.4 is 0 Å². The van der Waals surface area contributed by atoms with Gasteiger partial charge in [0, 0.05) is 29.3 Å². The highest BCUT2D eigenvalue weighted by molar-refractivity contribution is 8.05. The minimum atomic E-state index is 0.0413. The molecule has 2 aliphatic rings. The van der Waals surface area contributed by atoms with Gasteiger partial charge in [0.05, 0.1) is 0 Å². The highest BCUT2D eigenvalue weighted by Gasteiger charge is 2.60. The number of carbonyl (C=O) groups is 1. The number of benzene rings is 1. The first-order chi connectivity index (χ1) is 8.33. The van der Waals surface area contributed by atoms with Crippen molar-refractivity contribution >= 4 is 16.7 Å². The lowest BCUT2D eigenvalue weighted by molar-refractivity contribution is 0.0918. The van der Waals surface area contributed by atoms with Crippen molar-refractivity contribution in [2.75, 3.05) is 11.5 Å². The summed E-state index contributed by atoms with van der Waals surface area (Å²) in [4.78, 5) is 12.8. The summed E-state index contributed by atoms with van der Waals surface area (Å²) in [6.07, 6.45) is 6.11. The zero-order chi connectivity index (χ0) is 11.7. The maximum atomic E-state index is 12.8. The Balaban J connectivity index is 1.91. The predicted octanol–water partition coefficient (Wildman–Crippen LogP) is 3.20. The summed E-state index contributed by atoms with van der Waals surface area (Å²) in [5, 5.41) is 0. The highest BCUT2D eigenvalue weighted by atomic mass is 32.2. The normalized spacial score (nSPS) is 23.3. The standard InChI is InChI=1S/C15H19OS/c16-14(13-7-3-1-4-8-13)15(17-11-12-17)9-5-2-6-10-15/h1,3-4,7-8H,2,5-6,9-12H2/q+1. The zero-order valence-electron chi connectivity index (χ0n) is 10.2. The van der Waals surface area contributed by atoms with E-state index < -0.39 is 0 Å². The molecule has 1 aliphatic carbocycles. The monoisotopic (exact) mass is 247 g/mol. The number of hydrogen-bond acceptors (Lipinski definition) is 1.